The Morgan fingerprint density at radius 3 is 2.14 bits per heavy atom. The van der Waals surface area contributed by atoms with Gasteiger partial charge in [0.2, 0.25) is 0 Å². The molecule has 1 N–H and O–H groups in total. The smallest absolute Gasteiger partial charge is 0.178 e. The molecule has 0 atom stereocenters. The van der Waals surface area contributed by atoms with Crippen molar-refractivity contribution in [2.45, 2.75) is 69.2 Å². The van der Waals surface area contributed by atoms with Gasteiger partial charge in [0.05, 0.1) is 10.6 Å². The number of benzene rings is 1. The zero-order chi connectivity index (χ0) is 15.1. The fraction of sp³-hybridized carbons (Fsp3) is 0.647. The second-order valence-electron chi connectivity index (χ2n) is 6.03. The molecule has 1 aliphatic carbocycles. The largest absolute Gasteiger partial charge is 0.382 e. The maximum Gasteiger partial charge on any atom is 0.178 e. The molecule has 1 aliphatic rings. The van der Waals surface area contributed by atoms with E-state index < -0.39 is 9.84 Å². The molecule has 0 aromatic heterocycles. The van der Waals surface area contributed by atoms with Crippen molar-refractivity contribution in [1.82, 2.24) is 0 Å². The van der Waals surface area contributed by atoms with Crippen molar-refractivity contribution >= 4 is 15.5 Å². The topological polar surface area (TPSA) is 46.2 Å². The van der Waals surface area contributed by atoms with Gasteiger partial charge in [0.15, 0.2) is 9.84 Å². The molecular weight excluding hydrogens is 282 g/mol. The molecule has 118 valence electrons. The molecule has 1 fully saturated rings. The fourth-order valence-electron chi connectivity index (χ4n) is 2.98. The highest BCUT2D eigenvalue weighted by Gasteiger charge is 2.14. The van der Waals surface area contributed by atoms with Gasteiger partial charge in [-0.3, -0.25) is 0 Å². The van der Waals surface area contributed by atoms with Crippen molar-refractivity contribution in [2.24, 2.45) is 0 Å². The lowest BCUT2D eigenvalue weighted by atomic mass is 9.96. The first-order valence-electron chi connectivity index (χ1n) is 8.21. The van der Waals surface area contributed by atoms with Crippen LogP contribution in [0.4, 0.5) is 5.69 Å². The van der Waals surface area contributed by atoms with Crippen LogP contribution in [0.15, 0.2) is 29.2 Å². The third kappa shape index (κ3) is 5.03. The van der Waals surface area contributed by atoms with Gasteiger partial charge in [0.25, 0.3) is 0 Å². The number of rotatable bonds is 5. The SMILES string of the molecule is CCCS(=O)(=O)c1ccc(NC2CCCCCCC2)cc1. The second kappa shape index (κ2) is 7.83. The molecule has 0 amide bonds. The lowest BCUT2D eigenvalue weighted by molar-refractivity contribution is 0.471. The summed E-state index contributed by atoms with van der Waals surface area (Å²) in [4.78, 5) is 0.438. The van der Waals surface area contributed by atoms with Crippen LogP contribution in [-0.2, 0) is 9.84 Å². The quantitative estimate of drug-likeness (QED) is 0.877. The molecule has 0 saturated heterocycles. The Kier molecular flexibility index (Phi) is 6.09. The highest BCUT2D eigenvalue weighted by Crippen LogP contribution is 2.22. The predicted octanol–water partition coefficient (Wildman–Crippen LogP) is 4.40. The molecule has 0 aliphatic heterocycles. The predicted molar refractivity (Wildman–Crippen MR) is 88.5 cm³/mol. The normalized spacial score (nSPS) is 18.0. The van der Waals surface area contributed by atoms with Crippen LogP contribution in [0.25, 0.3) is 0 Å². The van der Waals surface area contributed by atoms with E-state index in [1.165, 1.54) is 44.9 Å². The third-order valence-electron chi connectivity index (χ3n) is 4.16. The van der Waals surface area contributed by atoms with Crippen molar-refractivity contribution in [3.63, 3.8) is 0 Å². The van der Waals surface area contributed by atoms with E-state index in [2.05, 4.69) is 5.32 Å². The summed E-state index contributed by atoms with van der Waals surface area (Å²) >= 11 is 0. The van der Waals surface area contributed by atoms with Gasteiger partial charge >= 0.3 is 0 Å². The Morgan fingerprint density at radius 2 is 1.57 bits per heavy atom. The highest BCUT2D eigenvalue weighted by atomic mass is 32.2. The summed E-state index contributed by atoms with van der Waals surface area (Å²) in [6.07, 6.45) is 9.73. The molecule has 0 heterocycles. The lowest BCUT2D eigenvalue weighted by Crippen LogP contribution is -2.20. The van der Waals surface area contributed by atoms with Gasteiger partial charge in [-0.05, 0) is 43.5 Å². The average molecular weight is 309 g/mol. The fourth-order valence-corrected chi connectivity index (χ4v) is 4.31. The molecule has 1 saturated carbocycles. The van der Waals surface area contributed by atoms with E-state index in [1.54, 1.807) is 12.1 Å². The van der Waals surface area contributed by atoms with Crippen LogP contribution in [0.3, 0.4) is 0 Å². The van der Waals surface area contributed by atoms with Crippen LogP contribution < -0.4 is 5.32 Å². The van der Waals surface area contributed by atoms with Crippen molar-refractivity contribution in [2.75, 3.05) is 11.1 Å². The first-order chi connectivity index (χ1) is 10.1. The van der Waals surface area contributed by atoms with Crippen LogP contribution in [-0.4, -0.2) is 20.2 Å². The molecule has 4 heteroatoms. The standard InChI is InChI=1S/C17H27NO2S/c1-2-14-21(19,20)17-12-10-16(11-13-17)18-15-8-6-4-3-5-7-9-15/h10-13,15,18H,2-9,14H2,1H3. The summed E-state index contributed by atoms with van der Waals surface area (Å²) in [7, 11) is -3.10. The Hall–Kier alpha value is -1.03. The number of anilines is 1. The van der Waals surface area contributed by atoms with E-state index in [9.17, 15) is 8.42 Å². The minimum absolute atomic E-state index is 0.225. The Morgan fingerprint density at radius 1 is 1.00 bits per heavy atom. The zero-order valence-corrected chi connectivity index (χ0v) is 13.8. The first kappa shape index (κ1) is 16.3. The summed E-state index contributed by atoms with van der Waals surface area (Å²) in [6.45, 7) is 1.89. The summed E-state index contributed by atoms with van der Waals surface area (Å²) in [5.74, 6) is 0.225. The van der Waals surface area contributed by atoms with E-state index >= 15 is 0 Å². The number of hydrogen-bond donors (Lipinski definition) is 1. The lowest BCUT2D eigenvalue weighted by Gasteiger charge is -2.22. The van der Waals surface area contributed by atoms with Crippen LogP contribution in [0.5, 0.6) is 0 Å². The van der Waals surface area contributed by atoms with E-state index in [0.29, 0.717) is 17.4 Å². The molecule has 0 spiro atoms. The van der Waals surface area contributed by atoms with Gasteiger partial charge in [-0.1, -0.05) is 39.0 Å². The number of sulfone groups is 1. The average Bonchev–Trinajstić information content (AvgIpc) is 2.42. The molecule has 0 radical (unpaired) electrons. The Balaban J connectivity index is 1.98. The van der Waals surface area contributed by atoms with Gasteiger partial charge in [-0.25, -0.2) is 8.42 Å². The Bertz CT molecular complexity index is 514. The molecule has 3 nitrogen and oxygen atoms in total. The summed E-state index contributed by atoms with van der Waals surface area (Å²) in [5.41, 5.74) is 1.04. The zero-order valence-electron chi connectivity index (χ0n) is 13.0. The van der Waals surface area contributed by atoms with E-state index in [0.717, 1.165) is 5.69 Å². The van der Waals surface area contributed by atoms with Gasteiger partial charge in [0.1, 0.15) is 0 Å². The molecule has 0 bridgehead atoms. The van der Waals surface area contributed by atoms with Crippen LogP contribution >= 0.6 is 0 Å². The maximum atomic E-state index is 12.0. The van der Waals surface area contributed by atoms with E-state index in [1.807, 2.05) is 19.1 Å². The number of nitrogens with one attached hydrogen (secondary N) is 1. The van der Waals surface area contributed by atoms with E-state index in [4.69, 9.17) is 0 Å². The molecule has 0 unspecified atom stereocenters. The van der Waals surface area contributed by atoms with Crippen molar-refractivity contribution in [3.05, 3.63) is 24.3 Å². The maximum absolute atomic E-state index is 12.0. The van der Waals surface area contributed by atoms with Crippen LogP contribution in [0.2, 0.25) is 0 Å². The Labute approximate surface area is 129 Å². The van der Waals surface area contributed by atoms with Gasteiger partial charge in [0, 0.05) is 11.7 Å². The molecule has 1 aromatic rings. The molecule has 1 aromatic carbocycles. The summed E-state index contributed by atoms with van der Waals surface area (Å²) in [6, 6.07) is 7.80. The van der Waals surface area contributed by atoms with Gasteiger partial charge in [-0.15, -0.1) is 0 Å². The van der Waals surface area contributed by atoms with Gasteiger partial charge < -0.3 is 5.32 Å². The van der Waals surface area contributed by atoms with Crippen LogP contribution in [0.1, 0.15) is 58.3 Å². The second-order valence-corrected chi connectivity index (χ2v) is 8.14. The molecular formula is C17H27NO2S. The summed E-state index contributed by atoms with van der Waals surface area (Å²) in [5, 5.41) is 3.56. The monoisotopic (exact) mass is 309 g/mol. The highest BCUT2D eigenvalue weighted by molar-refractivity contribution is 7.91. The minimum Gasteiger partial charge on any atom is -0.382 e. The van der Waals surface area contributed by atoms with Crippen molar-refractivity contribution < 1.29 is 8.42 Å². The minimum atomic E-state index is -3.10. The third-order valence-corrected chi connectivity index (χ3v) is 6.10. The molecule has 21 heavy (non-hydrogen) atoms. The van der Waals surface area contributed by atoms with Crippen LogP contribution in [0, 0.1) is 0 Å². The van der Waals surface area contributed by atoms with E-state index in [-0.39, 0.29) is 5.75 Å². The summed E-state index contributed by atoms with van der Waals surface area (Å²) < 4.78 is 24.0. The van der Waals surface area contributed by atoms with Gasteiger partial charge in [-0.2, -0.15) is 0 Å². The van der Waals surface area contributed by atoms with Crippen molar-refractivity contribution in [1.29, 1.82) is 0 Å². The molecule has 2 rings (SSSR count). The number of hydrogen-bond acceptors (Lipinski definition) is 3. The first-order valence-corrected chi connectivity index (χ1v) is 9.86. The van der Waals surface area contributed by atoms with Crippen molar-refractivity contribution in [3.8, 4) is 0 Å².